The first-order chi connectivity index (χ1) is 9.31. The third-order valence-corrected chi connectivity index (χ3v) is 5.92. The van der Waals surface area contributed by atoms with Crippen LogP contribution in [0.3, 0.4) is 0 Å². The predicted octanol–water partition coefficient (Wildman–Crippen LogP) is 1.79. The molecule has 0 aliphatic carbocycles. The molecule has 20 heavy (non-hydrogen) atoms. The summed E-state index contributed by atoms with van der Waals surface area (Å²) >= 11 is 0. The number of hydrogen-bond acceptors (Lipinski definition) is 4. The first-order valence-electron chi connectivity index (χ1n) is 6.70. The molecule has 1 saturated heterocycles. The molecule has 0 bridgehead atoms. The molecule has 0 aromatic heterocycles. The average molecular weight is 296 g/mol. The number of aryl methyl sites for hydroxylation is 2. The normalized spacial score (nSPS) is 21.4. The quantitative estimate of drug-likeness (QED) is 0.814. The smallest absolute Gasteiger partial charge is 0.242 e. The molecule has 0 spiro atoms. The van der Waals surface area contributed by atoms with Gasteiger partial charge in [-0.3, -0.25) is 4.79 Å². The van der Waals surface area contributed by atoms with E-state index in [-0.39, 0.29) is 5.75 Å². The molecule has 5 nitrogen and oxygen atoms in total. The molecule has 1 aliphatic rings. The van der Waals surface area contributed by atoms with E-state index < -0.39 is 21.0 Å². The minimum Gasteiger partial charge on any atom is -0.399 e. The summed E-state index contributed by atoms with van der Waals surface area (Å²) in [4.78, 5) is 12.2. The van der Waals surface area contributed by atoms with Crippen molar-refractivity contribution in [1.82, 2.24) is 0 Å². The van der Waals surface area contributed by atoms with Gasteiger partial charge in [0, 0.05) is 11.4 Å². The van der Waals surface area contributed by atoms with E-state index in [2.05, 4.69) is 5.32 Å². The first-order valence-corrected chi connectivity index (χ1v) is 8.42. The maximum absolute atomic E-state index is 12.2. The number of nitrogens with two attached hydrogens (primary N) is 1. The van der Waals surface area contributed by atoms with E-state index in [1.807, 2.05) is 13.8 Å². The van der Waals surface area contributed by atoms with Crippen molar-refractivity contribution in [3.05, 3.63) is 23.3 Å². The molecule has 0 radical (unpaired) electrons. The summed E-state index contributed by atoms with van der Waals surface area (Å²) in [6.45, 7) is 3.68. The highest BCUT2D eigenvalue weighted by Gasteiger charge is 2.34. The summed E-state index contributed by atoms with van der Waals surface area (Å²) in [5, 5.41) is 1.81. The molecule has 0 saturated carbocycles. The molecule has 1 aromatic carbocycles. The lowest BCUT2D eigenvalue weighted by atomic mass is 10.1. The second-order valence-electron chi connectivity index (χ2n) is 5.36. The second kappa shape index (κ2) is 5.44. The largest absolute Gasteiger partial charge is 0.399 e. The van der Waals surface area contributed by atoms with Gasteiger partial charge in [-0.1, -0.05) is 6.42 Å². The van der Waals surface area contributed by atoms with E-state index >= 15 is 0 Å². The number of carbonyl (C=O) groups is 1. The summed E-state index contributed by atoms with van der Waals surface area (Å²) in [7, 11) is -3.31. The molecule has 1 unspecified atom stereocenters. The number of amides is 1. The van der Waals surface area contributed by atoms with Gasteiger partial charge in [-0.2, -0.15) is 0 Å². The van der Waals surface area contributed by atoms with Crippen LogP contribution in [-0.2, 0) is 14.6 Å². The van der Waals surface area contributed by atoms with Crippen LogP contribution in [0.15, 0.2) is 12.1 Å². The minimum atomic E-state index is -3.31. The van der Waals surface area contributed by atoms with Crippen molar-refractivity contribution < 1.29 is 13.2 Å². The Hall–Kier alpha value is -1.56. The number of anilines is 2. The first kappa shape index (κ1) is 14.8. The maximum Gasteiger partial charge on any atom is 0.242 e. The monoisotopic (exact) mass is 296 g/mol. The Morgan fingerprint density at radius 1 is 1.25 bits per heavy atom. The number of sulfone groups is 1. The van der Waals surface area contributed by atoms with Gasteiger partial charge in [-0.15, -0.1) is 0 Å². The lowest BCUT2D eigenvalue weighted by Crippen LogP contribution is -2.39. The van der Waals surface area contributed by atoms with Crippen molar-refractivity contribution in [2.45, 2.75) is 38.4 Å². The lowest BCUT2D eigenvalue weighted by Gasteiger charge is -2.22. The zero-order chi connectivity index (χ0) is 14.9. The molecular weight excluding hydrogens is 276 g/mol. The van der Waals surface area contributed by atoms with Crippen molar-refractivity contribution in [2.75, 3.05) is 16.8 Å². The van der Waals surface area contributed by atoms with Crippen molar-refractivity contribution in [2.24, 2.45) is 0 Å². The lowest BCUT2D eigenvalue weighted by molar-refractivity contribution is -0.116. The van der Waals surface area contributed by atoms with Crippen LogP contribution in [0.5, 0.6) is 0 Å². The fourth-order valence-electron chi connectivity index (χ4n) is 2.44. The van der Waals surface area contributed by atoms with Crippen LogP contribution in [0.4, 0.5) is 11.4 Å². The van der Waals surface area contributed by atoms with Crippen LogP contribution < -0.4 is 11.1 Å². The molecule has 6 heteroatoms. The zero-order valence-corrected chi connectivity index (χ0v) is 12.6. The Morgan fingerprint density at radius 3 is 2.60 bits per heavy atom. The molecule has 1 atom stereocenters. The van der Waals surface area contributed by atoms with Gasteiger partial charge in [-0.05, 0) is 49.9 Å². The van der Waals surface area contributed by atoms with Gasteiger partial charge in [-0.25, -0.2) is 8.42 Å². The molecule has 1 fully saturated rings. The summed E-state index contributed by atoms with van der Waals surface area (Å²) in [5.74, 6) is -0.331. The number of carbonyl (C=O) groups excluding carboxylic acids is 1. The third-order valence-electron chi connectivity index (χ3n) is 3.74. The van der Waals surface area contributed by atoms with E-state index in [0.717, 1.165) is 17.5 Å². The summed E-state index contributed by atoms with van der Waals surface area (Å²) in [5.41, 5.74) is 8.77. The van der Waals surface area contributed by atoms with Crippen LogP contribution in [0.2, 0.25) is 0 Å². The molecule has 1 aromatic rings. The molecule has 2 rings (SSSR count). The van der Waals surface area contributed by atoms with E-state index in [0.29, 0.717) is 24.2 Å². The Labute approximate surface area is 119 Å². The topological polar surface area (TPSA) is 89.3 Å². The van der Waals surface area contributed by atoms with Gasteiger partial charge < -0.3 is 11.1 Å². The maximum atomic E-state index is 12.2. The highest BCUT2D eigenvalue weighted by molar-refractivity contribution is 7.92. The Bertz CT molecular complexity index is 638. The van der Waals surface area contributed by atoms with Crippen LogP contribution in [-0.4, -0.2) is 25.3 Å². The minimum absolute atomic E-state index is 0.102. The number of nitrogens with one attached hydrogen (secondary N) is 1. The number of rotatable bonds is 2. The van der Waals surface area contributed by atoms with Gasteiger partial charge in [0.05, 0.1) is 5.75 Å². The Morgan fingerprint density at radius 2 is 1.95 bits per heavy atom. The molecular formula is C14H20N2O3S. The SMILES string of the molecule is Cc1cc(NC(=O)C2CCCCS2(=O)=O)c(C)cc1N. The second-order valence-corrected chi connectivity index (χ2v) is 7.67. The van der Waals surface area contributed by atoms with Crippen LogP contribution in [0, 0.1) is 13.8 Å². The summed E-state index contributed by atoms with van der Waals surface area (Å²) in [6.07, 6.45) is 1.82. The summed E-state index contributed by atoms with van der Waals surface area (Å²) in [6, 6.07) is 3.55. The van der Waals surface area contributed by atoms with Crippen molar-refractivity contribution in [1.29, 1.82) is 0 Å². The number of nitrogen functional groups attached to an aromatic ring is 1. The predicted molar refractivity (Wildman–Crippen MR) is 80.4 cm³/mol. The van der Waals surface area contributed by atoms with E-state index in [1.54, 1.807) is 12.1 Å². The average Bonchev–Trinajstić information content (AvgIpc) is 2.35. The Balaban J connectivity index is 2.22. The zero-order valence-electron chi connectivity index (χ0n) is 11.8. The Kier molecular flexibility index (Phi) is 4.04. The number of benzene rings is 1. The van der Waals surface area contributed by atoms with Crippen LogP contribution in [0.25, 0.3) is 0 Å². The van der Waals surface area contributed by atoms with Gasteiger partial charge in [0.25, 0.3) is 0 Å². The molecule has 1 aliphatic heterocycles. The molecule has 1 amide bonds. The molecule has 3 N–H and O–H groups in total. The van der Waals surface area contributed by atoms with Crippen molar-refractivity contribution in [3.63, 3.8) is 0 Å². The fraction of sp³-hybridized carbons (Fsp3) is 0.500. The van der Waals surface area contributed by atoms with Crippen LogP contribution in [0.1, 0.15) is 30.4 Å². The van der Waals surface area contributed by atoms with Gasteiger partial charge in [0.15, 0.2) is 9.84 Å². The van der Waals surface area contributed by atoms with Gasteiger partial charge >= 0.3 is 0 Å². The highest BCUT2D eigenvalue weighted by atomic mass is 32.2. The summed E-state index contributed by atoms with van der Waals surface area (Å²) < 4.78 is 23.9. The van der Waals surface area contributed by atoms with Crippen molar-refractivity contribution >= 4 is 27.1 Å². The highest BCUT2D eigenvalue weighted by Crippen LogP contribution is 2.25. The van der Waals surface area contributed by atoms with E-state index in [4.69, 9.17) is 5.73 Å². The van der Waals surface area contributed by atoms with Crippen molar-refractivity contribution in [3.8, 4) is 0 Å². The van der Waals surface area contributed by atoms with Crippen LogP contribution >= 0.6 is 0 Å². The van der Waals surface area contributed by atoms with Gasteiger partial charge in [0.1, 0.15) is 5.25 Å². The standard InChI is InChI=1S/C14H20N2O3S/c1-9-8-12(10(2)7-11(9)15)16-14(17)13-5-3-4-6-20(13,18)19/h7-8,13H,3-6,15H2,1-2H3,(H,16,17). The van der Waals surface area contributed by atoms with E-state index in [9.17, 15) is 13.2 Å². The van der Waals surface area contributed by atoms with E-state index in [1.165, 1.54) is 0 Å². The number of hydrogen-bond donors (Lipinski definition) is 2. The fourth-order valence-corrected chi connectivity index (χ4v) is 4.24. The van der Waals surface area contributed by atoms with Gasteiger partial charge in [0.2, 0.25) is 5.91 Å². The molecule has 1 heterocycles. The molecule has 110 valence electrons. The third kappa shape index (κ3) is 2.95.